The molecule has 0 aliphatic rings. The van der Waals surface area contributed by atoms with Crippen LogP contribution in [0, 0.1) is 5.92 Å². The van der Waals surface area contributed by atoms with E-state index in [1.54, 1.807) is 0 Å². The molecule has 5 nitrogen and oxygen atoms in total. The normalized spacial score (nSPS) is 10.4. The Bertz CT molecular complexity index is 409. The quantitative estimate of drug-likeness (QED) is 0.747. The lowest BCUT2D eigenvalue weighted by Crippen LogP contribution is -2.20. The molecule has 5 heteroatoms. The van der Waals surface area contributed by atoms with Crippen molar-refractivity contribution in [3.8, 4) is 0 Å². The second-order valence-electron chi connectivity index (χ2n) is 3.66. The molecule has 0 spiro atoms. The molecule has 1 rings (SSSR count). The average molecular weight is 210 g/mol. The van der Waals surface area contributed by atoms with Gasteiger partial charge in [0.05, 0.1) is 13.3 Å². The maximum absolute atomic E-state index is 11.5. The summed E-state index contributed by atoms with van der Waals surface area (Å²) in [6.45, 7) is 3.99. The summed E-state index contributed by atoms with van der Waals surface area (Å²) in [5, 5.41) is 0. The Morgan fingerprint density at radius 3 is 2.73 bits per heavy atom. The van der Waals surface area contributed by atoms with Crippen LogP contribution in [-0.2, 0) is 11.2 Å². The second-order valence-corrected chi connectivity index (χ2v) is 3.66. The highest BCUT2D eigenvalue weighted by molar-refractivity contribution is 5.86. The van der Waals surface area contributed by atoms with Crippen LogP contribution in [0.25, 0.3) is 0 Å². The van der Waals surface area contributed by atoms with Gasteiger partial charge in [0.2, 0.25) is 0 Å². The van der Waals surface area contributed by atoms with Gasteiger partial charge in [-0.15, -0.1) is 0 Å². The van der Waals surface area contributed by atoms with Gasteiger partial charge in [0, 0.05) is 0 Å². The molecule has 0 aliphatic carbocycles. The summed E-state index contributed by atoms with van der Waals surface area (Å²) in [5.41, 5.74) is 0.194. The van der Waals surface area contributed by atoms with E-state index in [2.05, 4.69) is 14.7 Å². The predicted octanol–water partition coefficient (Wildman–Crippen LogP) is 0.755. The molecule has 15 heavy (non-hydrogen) atoms. The summed E-state index contributed by atoms with van der Waals surface area (Å²) < 4.78 is 4.46. The molecule has 0 aliphatic heterocycles. The molecule has 0 amide bonds. The number of aromatic amines is 1. The molecular formula is C10H14N2O3. The van der Waals surface area contributed by atoms with Crippen molar-refractivity contribution in [2.24, 2.45) is 5.92 Å². The van der Waals surface area contributed by atoms with E-state index >= 15 is 0 Å². The molecule has 0 saturated heterocycles. The van der Waals surface area contributed by atoms with E-state index in [0.29, 0.717) is 18.0 Å². The van der Waals surface area contributed by atoms with E-state index in [0.717, 1.165) is 0 Å². The zero-order valence-corrected chi connectivity index (χ0v) is 9.03. The number of rotatable bonds is 3. The zero-order valence-electron chi connectivity index (χ0n) is 9.03. The summed E-state index contributed by atoms with van der Waals surface area (Å²) in [7, 11) is 1.25. The first-order chi connectivity index (χ1) is 7.04. The van der Waals surface area contributed by atoms with E-state index in [4.69, 9.17) is 0 Å². The van der Waals surface area contributed by atoms with Crippen LogP contribution < -0.4 is 5.56 Å². The van der Waals surface area contributed by atoms with Crippen molar-refractivity contribution >= 4 is 5.97 Å². The predicted molar refractivity (Wildman–Crippen MR) is 54.7 cm³/mol. The van der Waals surface area contributed by atoms with Crippen LogP contribution in [0.15, 0.2) is 11.0 Å². The maximum Gasteiger partial charge on any atom is 0.356 e. The maximum atomic E-state index is 11.5. The van der Waals surface area contributed by atoms with E-state index in [1.807, 2.05) is 13.8 Å². The molecule has 0 aromatic carbocycles. The Labute approximate surface area is 87.5 Å². The van der Waals surface area contributed by atoms with Gasteiger partial charge in [0.15, 0.2) is 0 Å². The molecule has 0 bridgehead atoms. The summed E-state index contributed by atoms with van der Waals surface area (Å²) >= 11 is 0. The van der Waals surface area contributed by atoms with Crippen molar-refractivity contribution in [1.82, 2.24) is 9.97 Å². The first kappa shape index (κ1) is 11.4. The Balaban J connectivity index is 2.98. The van der Waals surface area contributed by atoms with Gasteiger partial charge in [0.25, 0.3) is 5.56 Å². The van der Waals surface area contributed by atoms with E-state index in [-0.39, 0.29) is 11.3 Å². The zero-order chi connectivity index (χ0) is 11.4. The fourth-order valence-corrected chi connectivity index (χ4v) is 1.17. The summed E-state index contributed by atoms with van der Waals surface area (Å²) in [4.78, 5) is 28.9. The van der Waals surface area contributed by atoms with Crippen LogP contribution in [0.5, 0.6) is 0 Å². The number of H-pyrrole nitrogens is 1. The topological polar surface area (TPSA) is 72.0 Å². The van der Waals surface area contributed by atoms with Gasteiger partial charge in [-0.2, -0.15) is 0 Å². The summed E-state index contributed by atoms with van der Waals surface area (Å²) in [5.74, 6) is -0.238. The van der Waals surface area contributed by atoms with Gasteiger partial charge in [-0.25, -0.2) is 4.79 Å². The van der Waals surface area contributed by atoms with Crippen molar-refractivity contribution in [3.63, 3.8) is 0 Å². The lowest BCUT2D eigenvalue weighted by molar-refractivity contribution is 0.0593. The molecule has 1 aromatic rings. The van der Waals surface area contributed by atoms with E-state index in [9.17, 15) is 9.59 Å². The largest absolute Gasteiger partial charge is 0.464 e. The smallest absolute Gasteiger partial charge is 0.356 e. The minimum atomic E-state index is -0.587. The Morgan fingerprint density at radius 1 is 1.60 bits per heavy atom. The molecule has 0 unspecified atom stereocenters. The Morgan fingerprint density at radius 2 is 2.27 bits per heavy atom. The van der Waals surface area contributed by atoms with Crippen molar-refractivity contribution in [3.05, 3.63) is 27.9 Å². The average Bonchev–Trinajstić information content (AvgIpc) is 2.19. The highest BCUT2D eigenvalue weighted by atomic mass is 16.5. The fraction of sp³-hybridized carbons (Fsp3) is 0.500. The number of esters is 1. The highest BCUT2D eigenvalue weighted by Gasteiger charge is 2.10. The number of ether oxygens (including phenoxy) is 1. The first-order valence-corrected chi connectivity index (χ1v) is 4.71. The van der Waals surface area contributed by atoms with Crippen molar-refractivity contribution < 1.29 is 9.53 Å². The molecule has 0 saturated carbocycles. The van der Waals surface area contributed by atoms with Crippen LogP contribution in [0.3, 0.4) is 0 Å². The van der Waals surface area contributed by atoms with Crippen LogP contribution in [0.1, 0.15) is 30.0 Å². The number of nitrogens with one attached hydrogen (secondary N) is 1. The fourth-order valence-electron chi connectivity index (χ4n) is 1.17. The monoisotopic (exact) mass is 210 g/mol. The highest BCUT2D eigenvalue weighted by Crippen LogP contribution is 2.00. The van der Waals surface area contributed by atoms with Crippen LogP contribution in [0.2, 0.25) is 0 Å². The molecule has 0 radical (unpaired) electrons. The lowest BCUT2D eigenvalue weighted by atomic mass is 10.1. The number of hydrogen-bond donors (Lipinski definition) is 1. The van der Waals surface area contributed by atoms with Crippen LogP contribution >= 0.6 is 0 Å². The number of carbonyl (C=O) groups excluding carboxylic acids is 1. The second kappa shape index (κ2) is 4.72. The number of carbonyl (C=O) groups is 1. The molecule has 1 aromatic heterocycles. The van der Waals surface area contributed by atoms with Gasteiger partial charge in [-0.1, -0.05) is 13.8 Å². The minimum absolute atomic E-state index is 0.0787. The molecular weight excluding hydrogens is 196 g/mol. The van der Waals surface area contributed by atoms with Gasteiger partial charge >= 0.3 is 5.97 Å². The number of aromatic nitrogens is 2. The number of hydrogen-bond acceptors (Lipinski definition) is 4. The summed E-state index contributed by atoms with van der Waals surface area (Å²) in [6.07, 6.45) is 1.92. The third kappa shape index (κ3) is 2.90. The Kier molecular flexibility index (Phi) is 3.60. The van der Waals surface area contributed by atoms with Gasteiger partial charge in [-0.3, -0.25) is 9.78 Å². The Hall–Kier alpha value is -1.65. The molecule has 1 N–H and O–H groups in total. The summed E-state index contributed by atoms with van der Waals surface area (Å²) in [6, 6.07) is 0. The third-order valence-corrected chi connectivity index (χ3v) is 1.87. The van der Waals surface area contributed by atoms with Crippen molar-refractivity contribution in [2.75, 3.05) is 7.11 Å². The molecule has 0 atom stereocenters. The van der Waals surface area contributed by atoms with E-state index < -0.39 is 5.97 Å². The SMILES string of the molecule is COC(=O)c1cnc(CC(C)C)c(=O)[nH]1. The van der Waals surface area contributed by atoms with Crippen molar-refractivity contribution in [1.29, 1.82) is 0 Å². The standard InChI is InChI=1S/C10H14N2O3/c1-6(2)4-7-9(13)12-8(5-11-7)10(14)15-3/h5-6H,4H2,1-3H3,(H,12,13). The van der Waals surface area contributed by atoms with Crippen LogP contribution in [0.4, 0.5) is 0 Å². The van der Waals surface area contributed by atoms with Crippen LogP contribution in [-0.4, -0.2) is 23.0 Å². The van der Waals surface area contributed by atoms with Crippen molar-refractivity contribution in [2.45, 2.75) is 20.3 Å². The lowest BCUT2D eigenvalue weighted by Gasteiger charge is -2.03. The molecule has 1 heterocycles. The van der Waals surface area contributed by atoms with E-state index in [1.165, 1.54) is 13.3 Å². The molecule has 0 fully saturated rings. The van der Waals surface area contributed by atoms with Gasteiger partial charge < -0.3 is 9.72 Å². The number of methoxy groups -OCH3 is 1. The molecule has 82 valence electrons. The third-order valence-electron chi connectivity index (χ3n) is 1.87. The first-order valence-electron chi connectivity index (χ1n) is 4.71. The van der Waals surface area contributed by atoms with Gasteiger partial charge in [0.1, 0.15) is 11.4 Å². The van der Waals surface area contributed by atoms with Gasteiger partial charge in [-0.05, 0) is 12.3 Å². The minimum Gasteiger partial charge on any atom is -0.464 e. The number of nitrogens with zero attached hydrogens (tertiary/aromatic N) is 1.